The average molecular weight is 668 g/mol. The highest BCUT2D eigenvalue weighted by Gasteiger charge is 2.35. The number of benzene rings is 2. The van der Waals surface area contributed by atoms with Crippen molar-refractivity contribution in [3.8, 4) is 16.9 Å². The van der Waals surface area contributed by atoms with E-state index in [1.54, 1.807) is 30.2 Å². The van der Waals surface area contributed by atoms with Gasteiger partial charge in [0, 0.05) is 74.6 Å². The number of halogens is 1. The predicted octanol–water partition coefficient (Wildman–Crippen LogP) is 7.35. The third-order valence-electron chi connectivity index (χ3n) is 8.95. The van der Waals surface area contributed by atoms with E-state index in [2.05, 4.69) is 0 Å². The molecule has 264 valence electrons. The third kappa shape index (κ3) is 9.27. The van der Waals surface area contributed by atoms with Crippen LogP contribution >= 0.6 is 0 Å². The van der Waals surface area contributed by atoms with Crippen LogP contribution in [0, 0.1) is 5.82 Å². The maximum absolute atomic E-state index is 15.6. The lowest BCUT2D eigenvalue weighted by atomic mass is 9.93. The third-order valence-corrected chi connectivity index (χ3v) is 8.95. The molecule has 0 unspecified atom stereocenters. The summed E-state index contributed by atoms with van der Waals surface area (Å²) in [6, 6.07) is 7.70. The maximum Gasteiger partial charge on any atom is 0.410 e. The van der Waals surface area contributed by atoms with E-state index in [0.717, 1.165) is 37.7 Å². The van der Waals surface area contributed by atoms with E-state index >= 15 is 4.39 Å². The second-order valence-corrected chi connectivity index (χ2v) is 14.1. The molecule has 2 fully saturated rings. The van der Waals surface area contributed by atoms with Crippen LogP contribution in [-0.4, -0.2) is 96.8 Å². The number of carbonyl (C=O) groups is 3. The van der Waals surface area contributed by atoms with Gasteiger partial charge < -0.3 is 28.9 Å². The highest BCUT2D eigenvalue weighted by molar-refractivity contribution is 5.99. The number of aryl methyl sites for hydroxylation is 1. The number of hydrogen-bond donors (Lipinski definition) is 0. The summed E-state index contributed by atoms with van der Waals surface area (Å²) >= 11 is 0. The van der Waals surface area contributed by atoms with E-state index in [9.17, 15) is 14.4 Å². The van der Waals surface area contributed by atoms with E-state index in [1.165, 1.54) is 6.07 Å². The molecule has 0 radical (unpaired) electrons. The minimum atomic E-state index is -0.616. The van der Waals surface area contributed by atoms with Gasteiger partial charge in [-0.25, -0.2) is 9.18 Å². The maximum atomic E-state index is 15.6. The Labute approximate surface area is 285 Å². The Bertz CT molecular complexity index is 1430. The SMILES string of the molecule is CCc1cc(-c2cc(C(=O)N3CCCCC3)ccc2F)c(OCCCOC)cc1C(=O)N(C(C)C)[C@@H]1CCCN(C(=O)OC(C)(C)C)C1. The van der Waals surface area contributed by atoms with Gasteiger partial charge in [0.2, 0.25) is 0 Å². The summed E-state index contributed by atoms with van der Waals surface area (Å²) in [6.45, 7) is 14.6. The molecule has 2 aromatic carbocycles. The predicted molar refractivity (Wildman–Crippen MR) is 185 cm³/mol. The lowest BCUT2D eigenvalue weighted by molar-refractivity contribution is 0.00749. The standard InChI is InChI=1S/C38H54FN3O6/c1-8-27-22-32(31-23-28(15-16-33(31)39)35(43)40-17-10-9-11-18-40)34(47-21-13-20-46-7)24-30(27)36(44)42(26(2)3)29-14-12-19-41(25-29)37(45)48-38(4,5)6/h15-16,22-24,26,29H,8-14,17-21,25H2,1-7H3/t29-/m1/s1. The largest absolute Gasteiger partial charge is 0.493 e. The summed E-state index contributed by atoms with van der Waals surface area (Å²) in [6.07, 6.45) is 5.27. The molecule has 2 saturated heterocycles. The van der Waals surface area contributed by atoms with Gasteiger partial charge in [0.05, 0.1) is 12.6 Å². The zero-order valence-electron chi connectivity index (χ0n) is 29.9. The number of carbonyl (C=O) groups excluding carboxylic acids is 3. The molecule has 1 atom stereocenters. The molecule has 4 rings (SSSR count). The van der Waals surface area contributed by atoms with E-state index in [4.69, 9.17) is 14.2 Å². The fourth-order valence-electron chi connectivity index (χ4n) is 6.61. The van der Waals surface area contributed by atoms with Crippen molar-refractivity contribution in [2.45, 2.75) is 104 Å². The van der Waals surface area contributed by atoms with Crippen LogP contribution in [0.4, 0.5) is 9.18 Å². The van der Waals surface area contributed by atoms with Crippen LogP contribution < -0.4 is 4.74 Å². The minimum absolute atomic E-state index is 0.110. The first-order valence-corrected chi connectivity index (χ1v) is 17.5. The Balaban J connectivity index is 1.72. The van der Waals surface area contributed by atoms with Crippen molar-refractivity contribution < 1.29 is 33.0 Å². The zero-order valence-corrected chi connectivity index (χ0v) is 29.9. The molecule has 0 bridgehead atoms. The van der Waals surface area contributed by atoms with Gasteiger partial charge in [-0.2, -0.15) is 0 Å². The van der Waals surface area contributed by atoms with Crippen LogP contribution in [0.15, 0.2) is 30.3 Å². The van der Waals surface area contributed by atoms with E-state index in [1.807, 2.05) is 57.4 Å². The Morgan fingerprint density at radius 2 is 1.67 bits per heavy atom. The lowest BCUT2D eigenvalue weighted by Gasteiger charge is -2.42. The van der Waals surface area contributed by atoms with Crippen molar-refractivity contribution in [2.75, 3.05) is 46.5 Å². The highest BCUT2D eigenvalue weighted by Crippen LogP contribution is 2.37. The molecule has 0 saturated carbocycles. The molecular formula is C38H54FN3O6. The van der Waals surface area contributed by atoms with Crippen molar-refractivity contribution in [3.05, 3.63) is 52.8 Å². The highest BCUT2D eigenvalue weighted by atomic mass is 19.1. The van der Waals surface area contributed by atoms with Crippen LogP contribution in [0.5, 0.6) is 5.75 Å². The van der Waals surface area contributed by atoms with Crippen molar-refractivity contribution in [2.24, 2.45) is 0 Å². The fraction of sp³-hybridized carbons (Fsp3) is 0.605. The molecule has 2 aliphatic rings. The Kier molecular flexibility index (Phi) is 12.9. The molecule has 0 aliphatic carbocycles. The van der Waals surface area contributed by atoms with Crippen molar-refractivity contribution in [1.82, 2.24) is 14.7 Å². The molecule has 0 spiro atoms. The number of hydrogen-bond acceptors (Lipinski definition) is 6. The summed E-state index contributed by atoms with van der Waals surface area (Å²) in [7, 11) is 1.62. The van der Waals surface area contributed by atoms with Crippen molar-refractivity contribution in [3.63, 3.8) is 0 Å². The van der Waals surface area contributed by atoms with Gasteiger partial charge in [-0.05, 0) is 109 Å². The first-order chi connectivity index (χ1) is 22.8. The van der Waals surface area contributed by atoms with Crippen LogP contribution in [0.25, 0.3) is 11.1 Å². The van der Waals surface area contributed by atoms with Crippen LogP contribution in [-0.2, 0) is 15.9 Å². The molecular weight excluding hydrogens is 613 g/mol. The number of nitrogens with zero attached hydrogens (tertiary/aromatic N) is 3. The monoisotopic (exact) mass is 667 g/mol. The molecule has 2 aromatic rings. The number of ether oxygens (including phenoxy) is 3. The molecule has 0 aromatic heterocycles. The Hall–Kier alpha value is -3.66. The first kappa shape index (κ1) is 37.2. The number of rotatable bonds is 11. The minimum Gasteiger partial charge on any atom is -0.493 e. The van der Waals surface area contributed by atoms with E-state index < -0.39 is 11.4 Å². The van der Waals surface area contributed by atoms with Gasteiger partial charge in [-0.1, -0.05) is 6.92 Å². The van der Waals surface area contributed by atoms with Crippen LogP contribution in [0.1, 0.15) is 106 Å². The Morgan fingerprint density at radius 3 is 2.31 bits per heavy atom. The molecule has 48 heavy (non-hydrogen) atoms. The number of methoxy groups -OCH3 is 1. The van der Waals surface area contributed by atoms with Gasteiger partial charge in [0.1, 0.15) is 17.2 Å². The molecule has 2 heterocycles. The second kappa shape index (κ2) is 16.6. The van der Waals surface area contributed by atoms with E-state index in [0.29, 0.717) is 74.7 Å². The van der Waals surface area contributed by atoms with Crippen LogP contribution in [0.3, 0.4) is 0 Å². The number of likely N-dealkylation sites (tertiary alicyclic amines) is 2. The summed E-state index contributed by atoms with van der Waals surface area (Å²) in [5.74, 6) is -0.376. The summed E-state index contributed by atoms with van der Waals surface area (Å²) in [4.78, 5) is 46.3. The summed E-state index contributed by atoms with van der Waals surface area (Å²) in [5, 5.41) is 0. The smallest absolute Gasteiger partial charge is 0.410 e. The molecule has 3 amide bonds. The number of piperidine rings is 2. The van der Waals surface area contributed by atoms with Gasteiger partial charge >= 0.3 is 6.09 Å². The van der Waals surface area contributed by atoms with Gasteiger partial charge in [0.25, 0.3) is 11.8 Å². The van der Waals surface area contributed by atoms with Crippen molar-refractivity contribution in [1.29, 1.82) is 0 Å². The summed E-state index contributed by atoms with van der Waals surface area (Å²) < 4.78 is 32.7. The van der Waals surface area contributed by atoms with Gasteiger partial charge in [-0.3, -0.25) is 9.59 Å². The molecule has 9 nitrogen and oxygen atoms in total. The first-order valence-electron chi connectivity index (χ1n) is 17.5. The zero-order chi connectivity index (χ0) is 35.0. The molecule has 0 N–H and O–H groups in total. The molecule has 10 heteroatoms. The van der Waals surface area contributed by atoms with Gasteiger partial charge in [0.15, 0.2) is 0 Å². The van der Waals surface area contributed by atoms with Crippen LogP contribution in [0.2, 0.25) is 0 Å². The topological polar surface area (TPSA) is 88.6 Å². The quantitative estimate of drug-likeness (QED) is 0.233. The fourth-order valence-corrected chi connectivity index (χ4v) is 6.61. The molecule has 2 aliphatic heterocycles. The summed E-state index contributed by atoms with van der Waals surface area (Å²) in [5.41, 5.74) is 1.79. The van der Waals surface area contributed by atoms with E-state index in [-0.39, 0.29) is 35.6 Å². The van der Waals surface area contributed by atoms with Crippen molar-refractivity contribution >= 4 is 17.9 Å². The second-order valence-electron chi connectivity index (χ2n) is 14.1. The average Bonchev–Trinajstić information content (AvgIpc) is 3.06. The normalized spacial score (nSPS) is 17.0. The van der Waals surface area contributed by atoms with Gasteiger partial charge in [-0.15, -0.1) is 0 Å². The number of amides is 3. The lowest BCUT2D eigenvalue weighted by Crippen LogP contribution is -2.54. The Morgan fingerprint density at radius 1 is 0.958 bits per heavy atom.